The van der Waals surface area contributed by atoms with Gasteiger partial charge in [0.1, 0.15) is 28.8 Å². The minimum absolute atomic E-state index is 0.0554. The molecule has 0 saturated carbocycles. The molecule has 0 fully saturated rings. The highest BCUT2D eigenvalue weighted by molar-refractivity contribution is 7.18. The Morgan fingerprint density at radius 3 is 2.72 bits per heavy atom. The molecule has 216 valence electrons. The van der Waals surface area contributed by atoms with Crippen molar-refractivity contribution in [3.8, 4) is 39.5 Å². The van der Waals surface area contributed by atoms with Crippen molar-refractivity contribution in [1.82, 2.24) is 29.4 Å². The van der Waals surface area contributed by atoms with Crippen LogP contribution in [0.3, 0.4) is 0 Å². The first-order valence-electron chi connectivity index (χ1n) is 13.7. The Morgan fingerprint density at radius 2 is 1.93 bits per heavy atom. The number of carbonyl (C=O) groups is 1. The number of ether oxygens (including phenoxy) is 1. The maximum absolute atomic E-state index is 15.8. The zero-order chi connectivity index (χ0) is 30.0. The largest absolute Gasteiger partial charge is 0.496 e. The summed E-state index contributed by atoms with van der Waals surface area (Å²) in [6.07, 6.45) is 3.25. The second-order valence-electron chi connectivity index (χ2n) is 10.5. The lowest BCUT2D eigenvalue weighted by Crippen LogP contribution is -2.40. The van der Waals surface area contributed by atoms with Crippen molar-refractivity contribution >= 4 is 38.2 Å². The van der Waals surface area contributed by atoms with Crippen LogP contribution in [0.25, 0.3) is 54.8 Å². The molecule has 4 aromatic heterocycles. The minimum Gasteiger partial charge on any atom is -0.496 e. The predicted molar refractivity (Wildman–Crippen MR) is 163 cm³/mol. The summed E-state index contributed by atoms with van der Waals surface area (Å²) in [5, 5.41) is 13.1. The SMILES string of the molecule is C=CC(=O)N1CCn2nc(-c3nc(-c4ccc5nn(C)cc5c4)c4ccsc4c3-c3c(F)cc(F)cc3OC)cc2C1C. The first-order valence-corrected chi connectivity index (χ1v) is 14.5. The quantitative estimate of drug-likeness (QED) is 0.206. The molecule has 2 aromatic carbocycles. The van der Waals surface area contributed by atoms with E-state index in [1.165, 1.54) is 30.6 Å². The lowest BCUT2D eigenvalue weighted by molar-refractivity contribution is -0.129. The molecule has 0 aliphatic carbocycles. The molecule has 8 nitrogen and oxygen atoms in total. The number of thiophene rings is 1. The van der Waals surface area contributed by atoms with E-state index >= 15 is 4.39 Å². The normalized spacial score (nSPS) is 14.8. The van der Waals surface area contributed by atoms with Gasteiger partial charge in [0, 0.05) is 58.5 Å². The van der Waals surface area contributed by atoms with E-state index in [4.69, 9.17) is 14.8 Å². The predicted octanol–water partition coefficient (Wildman–Crippen LogP) is 6.76. The number of hydrogen-bond donors (Lipinski definition) is 0. The number of pyridine rings is 1. The molecule has 1 atom stereocenters. The molecule has 0 spiro atoms. The van der Waals surface area contributed by atoms with Crippen LogP contribution in [0, 0.1) is 11.6 Å². The molecule has 1 aliphatic heterocycles. The van der Waals surface area contributed by atoms with E-state index < -0.39 is 11.6 Å². The third kappa shape index (κ3) is 4.30. The van der Waals surface area contributed by atoms with Crippen molar-refractivity contribution in [2.75, 3.05) is 13.7 Å². The number of methoxy groups -OCH3 is 1. The molecular formula is C32H26F2N6O2S. The van der Waals surface area contributed by atoms with Crippen LogP contribution in [0.4, 0.5) is 8.78 Å². The number of hydrogen-bond acceptors (Lipinski definition) is 6. The summed E-state index contributed by atoms with van der Waals surface area (Å²) in [6.45, 7) is 6.53. The number of halogens is 2. The fourth-order valence-corrected chi connectivity index (χ4v) is 6.90. The highest BCUT2D eigenvalue weighted by Gasteiger charge is 2.31. The Morgan fingerprint density at radius 1 is 1.09 bits per heavy atom. The molecule has 1 amide bonds. The highest BCUT2D eigenvalue weighted by atomic mass is 32.1. The van der Waals surface area contributed by atoms with Crippen molar-refractivity contribution in [3.05, 3.63) is 84.0 Å². The van der Waals surface area contributed by atoms with Gasteiger partial charge in [0.2, 0.25) is 5.91 Å². The number of benzene rings is 2. The van der Waals surface area contributed by atoms with Crippen molar-refractivity contribution < 1.29 is 18.3 Å². The van der Waals surface area contributed by atoms with Gasteiger partial charge < -0.3 is 9.64 Å². The Bertz CT molecular complexity index is 2090. The topological polar surface area (TPSA) is 78.1 Å². The Labute approximate surface area is 249 Å². The van der Waals surface area contributed by atoms with Gasteiger partial charge in [0.25, 0.3) is 0 Å². The van der Waals surface area contributed by atoms with Crippen molar-refractivity contribution in [2.24, 2.45) is 7.05 Å². The van der Waals surface area contributed by atoms with Gasteiger partial charge >= 0.3 is 0 Å². The van der Waals surface area contributed by atoms with Crippen LogP contribution in [0.15, 0.2) is 66.7 Å². The number of amides is 1. The molecule has 0 bridgehead atoms. The number of rotatable bonds is 5. The first-order chi connectivity index (χ1) is 20.8. The van der Waals surface area contributed by atoms with Crippen LogP contribution in [0.2, 0.25) is 0 Å². The maximum Gasteiger partial charge on any atom is 0.246 e. The number of carbonyl (C=O) groups excluding carboxylic acids is 1. The van der Waals surface area contributed by atoms with Gasteiger partial charge in [-0.3, -0.25) is 14.2 Å². The third-order valence-electron chi connectivity index (χ3n) is 7.95. The Balaban J connectivity index is 1.52. The second-order valence-corrected chi connectivity index (χ2v) is 11.4. The summed E-state index contributed by atoms with van der Waals surface area (Å²) in [6, 6.07) is 11.5. The fourth-order valence-electron chi connectivity index (χ4n) is 5.95. The Hall–Kier alpha value is -4.90. The minimum atomic E-state index is -0.765. The molecule has 43 heavy (non-hydrogen) atoms. The second kappa shape index (κ2) is 10.1. The lowest BCUT2D eigenvalue weighted by atomic mass is 9.96. The molecule has 1 unspecified atom stereocenters. The van der Waals surface area contributed by atoms with Gasteiger partial charge in [0.15, 0.2) is 0 Å². The van der Waals surface area contributed by atoms with Crippen molar-refractivity contribution in [1.29, 1.82) is 0 Å². The molecule has 7 rings (SSSR count). The van der Waals surface area contributed by atoms with E-state index in [0.717, 1.165) is 38.3 Å². The number of nitrogens with zero attached hydrogens (tertiary/aromatic N) is 6. The molecule has 1 aliphatic rings. The fraction of sp³-hybridized carbons (Fsp3) is 0.188. The Kier molecular flexibility index (Phi) is 6.35. The van der Waals surface area contributed by atoms with Crippen molar-refractivity contribution in [2.45, 2.75) is 19.5 Å². The van der Waals surface area contributed by atoms with E-state index in [1.807, 2.05) is 60.6 Å². The summed E-state index contributed by atoms with van der Waals surface area (Å²) in [4.78, 5) is 19.4. The van der Waals surface area contributed by atoms with Crippen LogP contribution < -0.4 is 4.74 Å². The summed E-state index contributed by atoms with van der Waals surface area (Å²) >= 11 is 1.44. The van der Waals surface area contributed by atoms with Crippen LogP contribution >= 0.6 is 11.3 Å². The van der Waals surface area contributed by atoms with Crippen LogP contribution in [0.5, 0.6) is 5.75 Å². The third-order valence-corrected chi connectivity index (χ3v) is 8.88. The van der Waals surface area contributed by atoms with Gasteiger partial charge in [-0.15, -0.1) is 11.3 Å². The summed E-state index contributed by atoms with van der Waals surface area (Å²) in [5.41, 5.74) is 4.75. The van der Waals surface area contributed by atoms with E-state index in [-0.39, 0.29) is 23.3 Å². The molecular weight excluding hydrogens is 570 g/mol. The van der Waals surface area contributed by atoms with E-state index in [1.54, 1.807) is 9.58 Å². The van der Waals surface area contributed by atoms with E-state index in [0.29, 0.717) is 35.7 Å². The molecule has 0 N–H and O–H groups in total. The molecule has 5 heterocycles. The number of aryl methyl sites for hydroxylation is 1. The average Bonchev–Trinajstić information content (AvgIpc) is 3.73. The lowest BCUT2D eigenvalue weighted by Gasteiger charge is -2.33. The molecule has 0 saturated heterocycles. The standard InChI is InChI=1S/C32H26F2N6O2S/c1-5-27(41)39-9-10-40-25(17(39)2)15-24(37-40)31-29(28-22(34)13-20(33)14-26(28)42-4)32-21(8-11-43-32)30(35-31)18-6-7-23-19(12-18)16-38(3)36-23/h5-8,11-17H,1,9-10H2,2-4H3. The van der Waals surface area contributed by atoms with E-state index in [2.05, 4.69) is 11.7 Å². The summed E-state index contributed by atoms with van der Waals surface area (Å²) in [5.74, 6) is -1.61. The highest BCUT2D eigenvalue weighted by Crippen LogP contribution is 2.47. The zero-order valence-corrected chi connectivity index (χ0v) is 24.5. The summed E-state index contributed by atoms with van der Waals surface area (Å²) < 4.78 is 40.0. The van der Waals surface area contributed by atoms with Gasteiger partial charge in [-0.2, -0.15) is 10.2 Å². The van der Waals surface area contributed by atoms with Crippen LogP contribution in [0.1, 0.15) is 18.7 Å². The smallest absolute Gasteiger partial charge is 0.246 e. The van der Waals surface area contributed by atoms with Crippen LogP contribution in [-0.2, 0) is 18.4 Å². The molecule has 6 aromatic rings. The first kappa shape index (κ1) is 27.0. The number of fused-ring (bicyclic) bond motifs is 3. The van der Waals surface area contributed by atoms with Gasteiger partial charge in [-0.05, 0) is 42.6 Å². The average molecular weight is 597 g/mol. The van der Waals surface area contributed by atoms with Gasteiger partial charge in [-0.25, -0.2) is 13.8 Å². The van der Waals surface area contributed by atoms with Gasteiger partial charge in [-0.1, -0.05) is 12.6 Å². The molecule has 0 radical (unpaired) electrons. The monoisotopic (exact) mass is 596 g/mol. The summed E-state index contributed by atoms with van der Waals surface area (Å²) in [7, 11) is 3.26. The maximum atomic E-state index is 15.8. The zero-order valence-electron chi connectivity index (χ0n) is 23.6. The van der Waals surface area contributed by atoms with Gasteiger partial charge in [0.05, 0.1) is 42.2 Å². The van der Waals surface area contributed by atoms with E-state index in [9.17, 15) is 9.18 Å². The van der Waals surface area contributed by atoms with Crippen molar-refractivity contribution in [3.63, 3.8) is 0 Å². The van der Waals surface area contributed by atoms with Crippen LogP contribution in [-0.4, -0.2) is 49.0 Å². The molecule has 11 heteroatoms. The number of aromatic nitrogens is 5.